The zero-order valence-corrected chi connectivity index (χ0v) is 21.5. The van der Waals surface area contributed by atoms with E-state index in [2.05, 4.69) is 31.6 Å². The molecule has 2 aromatic heterocycles. The Hall–Kier alpha value is -2.58. The van der Waals surface area contributed by atoms with Crippen molar-refractivity contribution in [3.8, 4) is 5.75 Å². The number of carbonyl (C=O) groups is 1. The summed E-state index contributed by atoms with van der Waals surface area (Å²) in [6.45, 7) is 3.12. The summed E-state index contributed by atoms with van der Waals surface area (Å²) in [7, 11) is 3.71. The van der Waals surface area contributed by atoms with E-state index in [1.54, 1.807) is 7.11 Å². The van der Waals surface area contributed by atoms with E-state index in [1.807, 2.05) is 49.7 Å². The third-order valence-electron chi connectivity index (χ3n) is 7.19. The highest BCUT2D eigenvalue weighted by molar-refractivity contribution is 7.99. The quantitative estimate of drug-likeness (QED) is 0.357. The number of likely N-dealkylation sites (tertiary alicyclic amines) is 1. The standard InChI is InChI=1S/C27H36N4O3S/c1-30-19-28-17-26(30)35-15-14-31-13-11-20(22(18-31)6-9-27(32)33)4-3-5-21-10-12-29-25-8-7-23(34-2)16-24(21)25/h7-8,10,12,16-17,19-20,22H,3-6,9,11,13-15,18H2,1-2H3,(H,32,33)/t20-,22+/m1/s1. The molecular formula is C27H36N4O3S. The number of aromatic nitrogens is 3. The van der Waals surface area contributed by atoms with Crippen LogP contribution in [0.15, 0.2) is 48.0 Å². The fourth-order valence-electron chi connectivity index (χ4n) is 5.22. The van der Waals surface area contributed by atoms with Gasteiger partial charge in [-0.2, -0.15) is 0 Å². The molecule has 1 fully saturated rings. The molecule has 7 nitrogen and oxygen atoms in total. The summed E-state index contributed by atoms with van der Waals surface area (Å²) in [4.78, 5) is 22.5. The van der Waals surface area contributed by atoms with Crippen LogP contribution in [0.2, 0.25) is 0 Å². The maximum absolute atomic E-state index is 11.3. The van der Waals surface area contributed by atoms with Crippen molar-refractivity contribution in [3.05, 3.63) is 48.5 Å². The lowest BCUT2D eigenvalue weighted by Gasteiger charge is -2.39. The van der Waals surface area contributed by atoms with Crippen LogP contribution < -0.4 is 4.74 Å². The summed E-state index contributed by atoms with van der Waals surface area (Å²) in [5, 5.41) is 11.6. The maximum Gasteiger partial charge on any atom is 0.303 e. The number of nitrogens with zero attached hydrogens (tertiary/aromatic N) is 4. The van der Waals surface area contributed by atoms with Crippen molar-refractivity contribution < 1.29 is 14.6 Å². The van der Waals surface area contributed by atoms with E-state index >= 15 is 0 Å². The molecule has 3 heterocycles. The first-order chi connectivity index (χ1) is 17.0. The van der Waals surface area contributed by atoms with Crippen LogP contribution in [0.1, 0.15) is 37.7 Å². The topological polar surface area (TPSA) is 80.5 Å². The number of aryl methyl sites for hydroxylation is 2. The Morgan fingerprint density at radius 1 is 1.26 bits per heavy atom. The number of rotatable bonds is 12. The average molecular weight is 497 g/mol. The summed E-state index contributed by atoms with van der Waals surface area (Å²) in [6.07, 6.45) is 11.0. The van der Waals surface area contributed by atoms with E-state index < -0.39 is 5.97 Å². The maximum atomic E-state index is 11.3. The fraction of sp³-hybridized carbons (Fsp3) is 0.519. The van der Waals surface area contributed by atoms with E-state index in [4.69, 9.17) is 4.74 Å². The van der Waals surface area contributed by atoms with E-state index in [0.29, 0.717) is 11.8 Å². The van der Waals surface area contributed by atoms with Gasteiger partial charge in [-0.25, -0.2) is 4.98 Å². The average Bonchev–Trinajstić information content (AvgIpc) is 3.28. The third-order valence-corrected chi connectivity index (χ3v) is 8.27. The van der Waals surface area contributed by atoms with Gasteiger partial charge in [-0.15, -0.1) is 11.8 Å². The predicted octanol–water partition coefficient (Wildman–Crippen LogP) is 4.89. The van der Waals surface area contributed by atoms with Crippen molar-refractivity contribution in [2.45, 2.75) is 43.6 Å². The molecule has 1 aliphatic heterocycles. The van der Waals surface area contributed by atoms with Gasteiger partial charge < -0.3 is 19.3 Å². The number of aliphatic carboxylic acids is 1. The molecule has 8 heteroatoms. The van der Waals surface area contributed by atoms with Gasteiger partial charge in [0.1, 0.15) is 5.75 Å². The van der Waals surface area contributed by atoms with Gasteiger partial charge in [0.2, 0.25) is 0 Å². The van der Waals surface area contributed by atoms with Gasteiger partial charge in [0.15, 0.2) is 0 Å². The number of imidazole rings is 1. The Balaban J connectivity index is 1.32. The minimum Gasteiger partial charge on any atom is -0.497 e. The first kappa shape index (κ1) is 25.5. The largest absolute Gasteiger partial charge is 0.497 e. The Morgan fingerprint density at radius 2 is 2.14 bits per heavy atom. The molecule has 0 aliphatic carbocycles. The van der Waals surface area contributed by atoms with Crippen LogP contribution in [-0.4, -0.2) is 63.0 Å². The van der Waals surface area contributed by atoms with Crippen LogP contribution in [-0.2, 0) is 18.3 Å². The second kappa shape index (κ2) is 12.4. The zero-order chi connectivity index (χ0) is 24.6. The molecule has 0 amide bonds. The second-order valence-corrected chi connectivity index (χ2v) is 10.6. The van der Waals surface area contributed by atoms with Gasteiger partial charge in [0.05, 0.1) is 30.2 Å². The zero-order valence-electron chi connectivity index (χ0n) is 20.7. The van der Waals surface area contributed by atoms with Crippen molar-refractivity contribution in [1.29, 1.82) is 0 Å². The van der Waals surface area contributed by atoms with Gasteiger partial charge in [-0.1, -0.05) is 0 Å². The molecule has 3 aromatic rings. The summed E-state index contributed by atoms with van der Waals surface area (Å²) in [5.74, 6) is 2.21. The number of carboxylic acids is 1. The summed E-state index contributed by atoms with van der Waals surface area (Å²) < 4.78 is 7.47. The molecule has 0 saturated carbocycles. The first-order valence-corrected chi connectivity index (χ1v) is 13.5. The van der Waals surface area contributed by atoms with Gasteiger partial charge in [0.25, 0.3) is 0 Å². The lowest BCUT2D eigenvalue weighted by Crippen LogP contribution is -2.41. The fourth-order valence-corrected chi connectivity index (χ4v) is 6.17. The minimum absolute atomic E-state index is 0.258. The molecule has 0 bridgehead atoms. The lowest BCUT2D eigenvalue weighted by molar-refractivity contribution is -0.137. The van der Waals surface area contributed by atoms with Crippen LogP contribution in [0.5, 0.6) is 5.75 Å². The van der Waals surface area contributed by atoms with Crippen LogP contribution in [0.4, 0.5) is 0 Å². The molecule has 188 valence electrons. The van der Waals surface area contributed by atoms with Crippen molar-refractivity contribution in [3.63, 3.8) is 0 Å². The predicted molar refractivity (Wildman–Crippen MR) is 140 cm³/mol. The molecule has 4 rings (SSSR count). The van der Waals surface area contributed by atoms with Gasteiger partial charge in [-0.05, 0) is 80.3 Å². The van der Waals surface area contributed by atoms with Crippen LogP contribution >= 0.6 is 11.8 Å². The Labute approximate surface area is 211 Å². The second-order valence-electron chi connectivity index (χ2n) is 9.48. The highest BCUT2D eigenvalue weighted by Gasteiger charge is 2.29. The van der Waals surface area contributed by atoms with Gasteiger partial charge >= 0.3 is 5.97 Å². The number of ether oxygens (including phenoxy) is 1. The van der Waals surface area contributed by atoms with E-state index in [-0.39, 0.29) is 6.42 Å². The summed E-state index contributed by atoms with van der Waals surface area (Å²) in [5.41, 5.74) is 2.31. The van der Waals surface area contributed by atoms with Crippen LogP contribution in [0, 0.1) is 11.8 Å². The summed E-state index contributed by atoms with van der Waals surface area (Å²) >= 11 is 1.83. The monoisotopic (exact) mass is 496 g/mol. The molecule has 35 heavy (non-hydrogen) atoms. The summed E-state index contributed by atoms with van der Waals surface area (Å²) in [6, 6.07) is 8.17. The van der Waals surface area contributed by atoms with Crippen molar-refractivity contribution in [2.24, 2.45) is 18.9 Å². The number of fused-ring (bicyclic) bond motifs is 1. The number of methoxy groups -OCH3 is 1. The lowest BCUT2D eigenvalue weighted by atomic mass is 9.79. The molecule has 1 saturated heterocycles. The van der Waals surface area contributed by atoms with Crippen molar-refractivity contribution in [2.75, 3.05) is 32.5 Å². The molecule has 2 atom stereocenters. The van der Waals surface area contributed by atoms with Crippen LogP contribution in [0.25, 0.3) is 10.9 Å². The molecule has 0 spiro atoms. The van der Waals surface area contributed by atoms with Crippen LogP contribution in [0.3, 0.4) is 0 Å². The first-order valence-electron chi connectivity index (χ1n) is 12.5. The minimum atomic E-state index is -0.690. The number of benzene rings is 1. The molecular weight excluding hydrogens is 460 g/mol. The molecule has 1 aliphatic rings. The van der Waals surface area contributed by atoms with Gasteiger partial charge in [-0.3, -0.25) is 9.78 Å². The molecule has 1 aromatic carbocycles. The SMILES string of the molecule is COc1ccc2nccc(CCC[C@@H]3CCN(CCSc4cncn4C)C[C@@H]3CCC(=O)O)c2c1. The smallest absolute Gasteiger partial charge is 0.303 e. The Bertz CT molecular complexity index is 1120. The van der Waals surface area contributed by atoms with Crippen molar-refractivity contribution in [1.82, 2.24) is 19.4 Å². The van der Waals surface area contributed by atoms with Crippen molar-refractivity contribution >= 4 is 28.6 Å². The van der Waals surface area contributed by atoms with Gasteiger partial charge in [0, 0.05) is 43.9 Å². The highest BCUT2D eigenvalue weighted by atomic mass is 32.2. The number of piperidine rings is 1. The normalized spacial score (nSPS) is 18.7. The Morgan fingerprint density at radius 3 is 2.91 bits per heavy atom. The van der Waals surface area contributed by atoms with E-state index in [1.165, 1.54) is 10.6 Å². The van der Waals surface area contributed by atoms with E-state index in [0.717, 1.165) is 74.1 Å². The molecule has 0 radical (unpaired) electrons. The number of thioether (sulfide) groups is 1. The third kappa shape index (κ3) is 6.98. The van der Waals surface area contributed by atoms with E-state index in [9.17, 15) is 9.90 Å². The number of hydrogen-bond donors (Lipinski definition) is 1. The number of carboxylic acid groups (broad SMARTS) is 1. The highest BCUT2D eigenvalue weighted by Crippen LogP contribution is 2.32. The molecule has 1 N–H and O–H groups in total. The Kier molecular flexibility index (Phi) is 9.04. The number of pyridine rings is 1. The molecule has 0 unspecified atom stereocenters. The number of hydrogen-bond acceptors (Lipinski definition) is 6.